The van der Waals surface area contributed by atoms with Crippen LogP contribution < -0.4 is 10.1 Å². The summed E-state index contributed by atoms with van der Waals surface area (Å²) in [5, 5.41) is 5.00. The van der Waals surface area contributed by atoms with Crippen molar-refractivity contribution in [2.75, 3.05) is 11.9 Å². The van der Waals surface area contributed by atoms with E-state index >= 15 is 0 Å². The van der Waals surface area contributed by atoms with Crippen LogP contribution in [-0.2, 0) is 4.79 Å². The third-order valence-electron chi connectivity index (χ3n) is 2.96. The third kappa shape index (κ3) is 5.03. The van der Waals surface area contributed by atoms with Gasteiger partial charge in [-0.2, -0.15) is 0 Å². The summed E-state index contributed by atoms with van der Waals surface area (Å²) in [4.78, 5) is 15.7. The lowest BCUT2D eigenvalue weighted by Crippen LogP contribution is -2.17. The maximum atomic E-state index is 14.2. The second-order valence-corrected chi connectivity index (χ2v) is 7.29. The molecule has 0 fully saturated rings. The van der Waals surface area contributed by atoms with Crippen molar-refractivity contribution < 1.29 is 13.9 Å². The minimum atomic E-state index is -0.418. The normalized spacial score (nSPS) is 11.3. The first-order valence-corrected chi connectivity index (χ1v) is 8.34. The van der Waals surface area contributed by atoms with Crippen LogP contribution in [0, 0.1) is 11.2 Å². The molecule has 1 aromatic carbocycles. The first-order valence-electron chi connectivity index (χ1n) is 7.46. The summed E-state index contributed by atoms with van der Waals surface area (Å²) in [5.41, 5.74) is 1.24. The van der Waals surface area contributed by atoms with Crippen LogP contribution in [0.2, 0.25) is 0 Å². The van der Waals surface area contributed by atoms with Gasteiger partial charge < -0.3 is 10.1 Å². The maximum absolute atomic E-state index is 14.2. The number of hydrogen-bond donors (Lipinski definition) is 1. The van der Waals surface area contributed by atoms with Gasteiger partial charge in [-0.05, 0) is 23.6 Å². The Hall–Kier alpha value is -1.95. The highest BCUT2D eigenvalue weighted by atomic mass is 32.1. The summed E-state index contributed by atoms with van der Waals surface area (Å²) in [6.45, 7) is 8.30. The summed E-state index contributed by atoms with van der Waals surface area (Å²) < 4.78 is 19.7. The number of thiazole rings is 1. The zero-order valence-electron chi connectivity index (χ0n) is 13.8. The molecular weight excluding hydrogens is 315 g/mol. The molecule has 0 spiro atoms. The maximum Gasteiger partial charge on any atom is 0.225 e. The minimum Gasteiger partial charge on any atom is -0.490 e. The molecule has 23 heavy (non-hydrogen) atoms. The van der Waals surface area contributed by atoms with Gasteiger partial charge in [0.1, 0.15) is 0 Å². The molecule has 0 atom stereocenters. The summed E-state index contributed by atoms with van der Waals surface area (Å²) >= 11 is 1.32. The average molecular weight is 336 g/mol. The lowest BCUT2D eigenvalue weighted by Gasteiger charge is -2.19. The fraction of sp³-hybridized carbons (Fsp3) is 0.412. The summed E-state index contributed by atoms with van der Waals surface area (Å²) in [6.07, 6.45) is 0.392. The molecule has 2 aromatic rings. The first kappa shape index (κ1) is 17.4. The highest BCUT2D eigenvalue weighted by Gasteiger charge is 2.14. The van der Waals surface area contributed by atoms with E-state index < -0.39 is 5.82 Å². The number of benzene rings is 1. The summed E-state index contributed by atoms with van der Waals surface area (Å²) in [5.74, 6) is -0.277. The molecule has 0 aliphatic rings. The lowest BCUT2D eigenvalue weighted by molar-refractivity contribution is -0.115. The van der Waals surface area contributed by atoms with Gasteiger partial charge in [-0.3, -0.25) is 4.79 Å². The molecule has 0 radical (unpaired) electrons. The quantitative estimate of drug-likeness (QED) is 0.859. The molecule has 124 valence electrons. The number of nitrogens with zero attached hydrogens (tertiary/aromatic N) is 1. The molecule has 0 aliphatic carbocycles. The van der Waals surface area contributed by atoms with E-state index in [9.17, 15) is 9.18 Å². The molecule has 0 unspecified atom stereocenters. The number of carbonyl (C=O) groups excluding carboxylic acids is 1. The van der Waals surface area contributed by atoms with E-state index in [-0.39, 0.29) is 17.1 Å². The number of nitrogens with one attached hydrogen (secondary N) is 1. The second-order valence-electron chi connectivity index (χ2n) is 6.43. The van der Waals surface area contributed by atoms with Gasteiger partial charge in [0.2, 0.25) is 5.91 Å². The molecule has 0 aliphatic heterocycles. The van der Waals surface area contributed by atoms with Crippen molar-refractivity contribution in [3.63, 3.8) is 0 Å². The number of amides is 1. The van der Waals surface area contributed by atoms with E-state index in [1.807, 2.05) is 20.8 Å². The van der Waals surface area contributed by atoms with Crippen molar-refractivity contribution >= 4 is 22.4 Å². The first-order chi connectivity index (χ1) is 10.8. The summed E-state index contributed by atoms with van der Waals surface area (Å²) in [6, 6.07) is 4.78. The van der Waals surface area contributed by atoms with Gasteiger partial charge in [0, 0.05) is 17.4 Å². The Balaban J connectivity index is 2.12. The van der Waals surface area contributed by atoms with Crippen LogP contribution in [0.3, 0.4) is 0 Å². The molecule has 2 rings (SSSR count). The van der Waals surface area contributed by atoms with Gasteiger partial charge in [-0.25, -0.2) is 9.37 Å². The van der Waals surface area contributed by atoms with Crippen molar-refractivity contribution in [1.29, 1.82) is 0 Å². The van der Waals surface area contributed by atoms with Crippen molar-refractivity contribution in [2.24, 2.45) is 5.41 Å². The van der Waals surface area contributed by atoms with Crippen LogP contribution in [0.15, 0.2) is 23.6 Å². The Morgan fingerprint density at radius 2 is 2.13 bits per heavy atom. The van der Waals surface area contributed by atoms with E-state index in [0.29, 0.717) is 29.4 Å². The minimum absolute atomic E-state index is 0.0353. The molecule has 1 N–H and O–H groups in total. The molecule has 1 amide bonds. The molecule has 1 aromatic heterocycles. The Kier molecular flexibility index (Phi) is 5.36. The lowest BCUT2D eigenvalue weighted by atomic mass is 9.99. The summed E-state index contributed by atoms with van der Waals surface area (Å²) in [7, 11) is 0. The van der Waals surface area contributed by atoms with Crippen molar-refractivity contribution in [3.8, 4) is 17.0 Å². The smallest absolute Gasteiger partial charge is 0.225 e. The molecule has 4 nitrogen and oxygen atoms in total. The number of halogens is 1. The fourth-order valence-electron chi connectivity index (χ4n) is 1.74. The van der Waals surface area contributed by atoms with E-state index in [0.717, 1.165) is 0 Å². The van der Waals surface area contributed by atoms with Gasteiger partial charge >= 0.3 is 0 Å². The Bertz CT molecular complexity index is 692. The Labute approximate surface area is 139 Å². The third-order valence-corrected chi connectivity index (χ3v) is 3.72. The molecule has 0 saturated heterocycles. The fourth-order valence-corrected chi connectivity index (χ4v) is 2.48. The number of rotatable bonds is 5. The van der Waals surface area contributed by atoms with E-state index in [1.165, 1.54) is 17.4 Å². The van der Waals surface area contributed by atoms with Gasteiger partial charge in [0.15, 0.2) is 16.7 Å². The van der Waals surface area contributed by atoms with Crippen LogP contribution >= 0.6 is 11.3 Å². The number of ether oxygens (including phenoxy) is 1. The van der Waals surface area contributed by atoms with E-state index in [4.69, 9.17) is 4.74 Å². The van der Waals surface area contributed by atoms with Crippen LogP contribution in [0.1, 0.15) is 34.1 Å². The second kappa shape index (κ2) is 7.08. The molecule has 0 bridgehead atoms. The molecule has 0 saturated carbocycles. The van der Waals surface area contributed by atoms with Crippen LogP contribution in [0.25, 0.3) is 11.3 Å². The SMILES string of the molecule is CCC(=O)Nc1nc(-c2ccc(OCC(C)(C)C)c(F)c2)cs1. The number of carbonyl (C=O) groups is 1. The van der Waals surface area contributed by atoms with Gasteiger partial charge in [0.05, 0.1) is 12.3 Å². The average Bonchev–Trinajstić information content (AvgIpc) is 2.93. The van der Waals surface area contributed by atoms with Crippen molar-refractivity contribution in [1.82, 2.24) is 4.98 Å². The van der Waals surface area contributed by atoms with E-state index in [1.54, 1.807) is 24.4 Å². The molecular formula is C17H21FN2O2S. The van der Waals surface area contributed by atoms with Crippen LogP contribution in [0.5, 0.6) is 5.75 Å². The zero-order chi connectivity index (χ0) is 17.0. The highest BCUT2D eigenvalue weighted by Crippen LogP contribution is 2.29. The predicted octanol–water partition coefficient (Wildman–Crippen LogP) is 4.72. The number of aromatic nitrogens is 1. The zero-order valence-corrected chi connectivity index (χ0v) is 14.6. The largest absolute Gasteiger partial charge is 0.490 e. The number of anilines is 1. The highest BCUT2D eigenvalue weighted by molar-refractivity contribution is 7.14. The monoisotopic (exact) mass is 336 g/mol. The van der Waals surface area contributed by atoms with Crippen molar-refractivity contribution in [2.45, 2.75) is 34.1 Å². The van der Waals surface area contributed by atoms with E-state index in [2.05, 4.69) is 10.3 Å². The standard InChI is InChI=1S/C17H21FN2O2S/c1-5-15(21)20-16-19-13(9-23-16)11-6-7-14(12(18)8-11)22-10-17(2,3)4/h6-9H,5,10H2,1-4H3,(H,19,20,21). The van der Waals surface area contributed by atoms with Gasteiger partial charge in [-0.1, -0.05) is 27.7 Å². The Morgan fingerprint density at radius 3 is 2.74 bits per heavy atom. The van der Waals surface area contributed by atoms with Crippen LogP contribution in [-0.4, -0.2) is 17.5 Å². The van der Waals surface area contributed by atoms with Gasteiger partial charge in [-0.15, -0.1) is 11.3 Å². The predicted molar refractivity (Wildman–Crippen MR) is 91.4 cm³/mol. The number of hydrogen-bond acceptors (Lipinski definition) is 4. The van der Waals surface area contributed by atoms with Gasteiger partial charge in [0.25, 0.3) is 0 Å². The molecule has 6 heteroatoms. The van der Waals surface area contributed by atoms with Crippen LogP contribution in [0.4, 0.5) is 9.52 Å². The van der Waals surface area contributed by atoms with Crippen molar-refractivity contribution in [3.05, 3.63) is 29.4 Å². The topological polar surface area (TPSA) is 51.2 Å². The Morgan fingerprint density at radius 1 is 1.39 bits per heavy atom. The molecule has 1 heterocycles.